The lowest BCUT2D eigenvalue weighted by Crippen LogP contribution is -3.00. The Bertz CT molecular complexity index is 410. The van der Waals surface area contributed by atoms with Crippen LogP contribution in [0.15, 0.2) is 47.2 Å². The summed E-state index contributed by atoms with van der Waals surface area (Å²) in [6.45, 7) is 1.32. The highest BCUT2D eigenvalue weighted by molar-refractivity contribution is 5.47. The van der Waals surface area contributed by atoms with Crippen LogP contribution in [0.1, 0.15) is 12.0 Å². The Kier molecular flexibility index (Phi) is 9.47. The molecule has 19 heavy (non-hydrogen) atoms. The van der Waals surface area contributed by atoms with E-state index in [9.17, 15) is 0 Å². The van der Waals surface area contributed by atoms with Crippen molar-refractivity contribution in [1.29, 1.82) is 0 Å². The van der Waals surface area contributed by atoms with Gasteiger partial charge in [0.15, 0.2) is 6.34 Å². The fraction of sp³-hybridized carbons (Fsp3) is 0.308. The minimum atomic E-state index is 0. The normalized spacial score (nSPS) is 14.3. The van der Waals surface area contributed by atoms with Crippen molar-refractivity contribution in [3.05, 3.63) is 47.8 Å². The Morgan fingerprint density at radius 1 is 1.21 bits per heavy atom. The maximum Gasteiger partial charge on any atom is 0.191 e. The molecule has 0 unspecified atom stereocenters. The summed E-state index contributed by atoms with van der Waals surface area (Å²) in [5, 5.41) is 1.95. The highest BCUT2D eigenvalue weighted by atomic mass is 35.5. The fourth-order valence-corrected chi connectivity index (χ4v) is 1.73. The lowest BCUT2D eigenvalue weighted by atomic mass is 10.2. The molecule has 2 rings (SSSR count). The first kappa shape index (κ1) is 18.1. The van der Waals surface area contributed by atoms with Gasteiger partial charge in [0.05, 0.1) is 13.2 Å². The van der Waals surface area contributed by atoms with E-state index >= 15 is 0 Å². The second-order valence-corrected chi connectivity index (χ2v) is 4.20. The average Bonchev–Trinajstić information content (AvgIpc) is 2.83. The standard InChI is InChI=1S/C13H17N3O.2ClH/c14-12(6-13-7-15-10-16-13)9-17-8-11-4-2-1-3-5-11;;/h1-5,7,10,12H,6,8-9,14H2,(H,15,16);2*1H/t12-;;/m1../s1. The van der Waals surface area contributed by atoms with Gasteiger partial charge in [-0.05, 0) is 5.56 Å². The van der Waals surface area contributed by atoms with Crippen molar-refractivity contribution in [3.63, 3.8) is 0 Å². The van der Waals surface area contributed by atoms with Crippen LogP contribution in [0.3, 0.4) is 0 Å². The van der Waals surface area contributed by atoms with E-state index in [4.69, 9.17) is 4.74 Å². The molecule has 1 atom stereocenters. The second kappa shape index (κ2) is 9.95. The van der Waals surface area contributed by atoms with Crippen LogP contribution in [0.5, 0.6) is 0 Å². The van der Waals surface area contributed by atoms with Crippen LogP contribution >= 0.6 is 0 Å². The first-order valence-electron chi connectivity index (χ1n) is 5.86. The molecule has 106 valence electrons. The molecule has 5 N–H and O–H groups in total. The Hall–Kier alpha value is -0.910. The molecular formula is C13H19Cl2N3O. The van der Waals surface area contributed by atoms with Crippen LogP contribution in [0.2, 0.25) is 0 Å². The van der Waals surface area contributed by atoms with Gasteiger partial charge in [0, 0.05) is 6.42 Å². The number of ether oxygens (including phenoxy) is 1. The smallest absolute Gasteiger partial charge is 0.191 e. The van der Waals surface area contributed by atoms with Crippen LogP contribution in [0.25, 0.3) is 0 Å². The van der Waals surface area contributed by atoms with Crippen LogP contribution in [-0.4, -0.2) is 19.0 Å². The summed E-state index contributed by atoms with van der Waals surface area (Å²) in [4.78, 5) is 4.23. The van der Waals surface area contributed by atoms with Crippen molar-refractivity contribution in [2.75, 3.05) is 6.61 Å². The minimum Gasteiger partial charge on any atom is -1.00 e. The molecule has 1 aromatic rings. The molecule has 1 aliphatic heterocycles. The third-order valence-corrected chi connectivity index (χ3v) is 2.58. The van der Waals surface area contributed by atoms with Gasteiger partial charge in [0.2, 0.25) is 0 Å². The monoisotopic (exact) mass is 303 g/mol. The van der Waals surface area contributed by atoms with Crippen molar-refractivity contribution < 1.29 is 40.6 Å². The number of halogens is 2. The molecule has 1 heterocycles. The Morgan fingerprint density at radius 2 is 1.95 bits per heavy atom. The summed E-state index contributed by atoms with van der Waals surface area (Å²) in [6.07, 6.45) is 4.71. The van der Waals surface area contributed by atoms with Crippen molar-refractivity contribution in [1.82, 2.24) is 0 Å². The molecule has 0 amide bonds. The molecule has 0 saturated carbocycles. The number of hydrogen-bond acceptors (Lipinski definition) is 2. The first-order valence-corrected chi connectivity index (χ1v) is 5.86. The molecule has 0 aliphatic carbocycles. The Balaban J connectivity index is 0.00000162. The number of hydrogen-bond donors (Lipinski definition) is 2. The number of aliphatic imine (C=N–C) groups is 1. The zero-order valence-corrected chi connectivity index (χ0v) is 12.1. The predicted molar refractivity (Wildman–Crippen MR) is 65.9 cm³/mol. The lowest BCUT2D eigenvalue weighted by molar-refractivity contribution is -0.449. The molecule has 1 aliphatic rings. The van der Waals surface area contributed by atoms with Crippen LogP contribution < -0.4 is 35.9 Å². The molecule has 6 heteroatoms. The van der Waals surface area contributed by atoms with Gasteiger partial charge in [-0.1, -0.05) is 30.3 Å². The van der Waals surface area contributed by atoms with E-state index in [1.54, 1.807) is 0 Å². The summed E-state index contributed by atoms with van der Waals surface area (Å²) >= 11 is 0. The Labute approximate surface area is 125 Å². The average molecular weight is 304 g/mol. The van der Waals surface area contributed by atoms with E-state index in [1.165, 1.54) is 5.56 Å². The molecule has 1 aromatic carbocycles. The number of benzene rings is 1. The number of nitrogens with zero attached hydrogens (tertiary/aromatic N) is 1. The number of nitrogens with two attached hydrogens (primary N) is 1. The highest BCUT2D eigenvalue weighted by Crippen LogP contribution is 2.05. The van der Waals surface area contributed by atoms with Crippen LogP contribution in [0.4, 0.5) is 0 Å². The van der Waals surface area contributed by atoms with Crippen LogP contribution in [-0.2, 0) is 11.3 Å². The van der Waals surface area contributed by atoms with E-state index in [-0.39, 0.29) is 30.9 Å². The molecule has 0 bridgehead atoms. The SMILES string of the molecule is [Cl-].[Cl-].[NH3+][C@@H](COCc1ccccc1)CC1=C[NH2+]C=N1. The van der Waals surface area contributed by atoms with Crippen molar-refractivity contribution >= 4 is 6.34 Å². The van der Waals surface area contributed by atoms with Crippen molar-refractivity contribution in [2.24, 2.45) is 4.99 Å². The second-order valence-electron chi connectivity index (χ2n) is 4.20. The predicted octanol–water partition coefficient (Wildman–Crippen LogP) is -6.34. The van der Waals surface area contributed by atoms with E-state index in [2.05, 4.69) is 22.9 Å². The maximum atomic E-state index is 5.64. The third-order valence-electron chi connectivity index (χ3n) is 2.58. The summed E-state index contributed by atoms with van der Waals surface area (Å²) in [6, 6.07) is 10.4. The highest BCUT2D eigenvalue weighted by Gasteiger charge is 2.12. The number of quaternary nitrogens is 2. The van der Waals surface area contributed by atoms with Crippen molar-refractivity contribution in [3.8, 4) is 0 Å². The van der Waals surface area contributed by atoms with E-state index in [1.807, 2.05) is 36.1 Å². The van der Waals surface area contributed by atoms with Gasteiger partial charge in [-0.3, -0.25) is 5.32 Å². The van der Waals surface area contributed by atoms with Gasteiger partial charge >= 0.3 is 0 Å². The summed E-state index contributed by atoms with van der Waals surface area (Å²) < 4.78 is 5.64. The summed E-state index contributed by atoms with van der Waals surface area (Å²) in [5.41, 5.74) is 6.37. The maximum absolute atomic E-state index is 5.64. The van der Waals surface area contributed by atoms with E-state index < -0.39 is 0 Å². The zero-order chi connectivity index (χ0) is 11.9. The molecule has 0 radical (unpaired) electrons. The summed E-state index contributed by atoms with van der Waals surface area (Å²) in [5.74, 6) is 0. The topological polar surface area (TPSA) is 65.8 Å². The third kappa shape index (κ3) is 6.71. The van der Waals surface area contributed by atoms with Crippen LogP contribution in [0, 0.1) is 0 Å². The summed E-state index contributed by atoms with van der Waals surface area (Å²) in [7, 11) is 0. The quantitative estimate of drug-likeness (QED) is 0.539. The molecule has 0 fully saturated rings. The van der Waals surface area contributed by atoms with Gasteiger partial charge in [-0.15, -0.1) is 0 Å². The lowest BCUT2D eigenvalue weighted by Gasteiger charge is -2.08. The molecular weight excluding hydrogens is 285 g/mol. The van der Waals surface area contributed by atoms with Gasteiger partial charge in [-0.25, -0.2) is 4.99 Å². The zero-order valence-electron chi connectivity index (χ0n) is 10.6. The van der Waals surface area contributed by atoms with E-state index in [0.717, 1.165) is 12.1 Å². The first-order chi connectivity index (χ1) is 8.34. The Morgan fingerprint density at radius 3 is 2.58 bits per heavy atom. The van der Waals surface area contributed by atoms with Gasteiger partial charge in [-0.2, -0.15) is 0 Å². The minimum absolute atomic E-state index is 0. The van der Waals surface area contributed by atoms with Gasteiger partial charge in [0.25, 0.3) is 0 Å². The molecule has 0 spiro atoms. The van der Waals surface area contributed by atoms with Gasteiger partial charge < -0.3 is 35.3 Å². The van der Waals surface area contributed by atoms with Gasteiger partial charge in [0.1, 0.15) is 17.9 Å². The van der Waals surface area contributed by atoms with Crippen molar-refractivity contribution in [2.45, 2.75) is 19.1 Å². The number of rotatable bonds is 6. The molecule has 0 aromatic heterocycles. The molecule has 4 nitrogen and oxygen atoms in total. The molecule has 0 saturated heterocycles. The largest absolute Gasteiger partial charge is 1.00 e. The van der Waals surface area contributed by atoms with E-state index in [0.29, 0.717) is 13.2 Å². The fourth-order valence-electron chi connectivity index (χ4n) is 1.73.